The van der Waals surface area contributed by atoms with Crippen LogP contribution in [0.1, 0.15) is 382 Å². The largest absolute Gasteiger partial charge is 0.471 e. The van der Waals surface area contributed by atoms with E-state index in [1.165, 1.54) is 218 Å². The lowest BCUT2D eigenvalue weighted by atomic mass is 10.1. The van der Waals surface area contributed by atoms with Crippen LogP contribution < -0.4 is 0 Å². The molecule has 0 aliphatic rings. The van der Waals surface area contributed by atoms with Crippen molar-refractivity contribution >= 4 is 35.9 Å². The number of carbonyl (C=O) groups is 6. The van der Waals surface area contributed by atoms with Crippen LogP contribution in [0.3, 0.4) is 0 Å². The van der Waals surface area contributed by atoms with E-state index in [0.717, 1.165) is 64.2 Å². The minimum Gasteiger partial charge on any atom is -0.466 e. The molecule has 2 amide bonds. The molecule has 0 aliphatic carbocycles. The molecular weight excluding hydrogens is 1160 g/mol. The lowest BCUT2D eigenvalue weighted by Crippen LogP contribution is -2.42. The summed E-state index contributed by atoms with van der Waals surface area (Å²) >= 11 is 0. The Kier molecular flexibility index (Phi) is 65.3. The second-order valence-corrected chi connectivity index (χ2v) is 26.7. The van der Waals surface area contributed by atoms with Gasteiger partial charge in [-0.3, -0.25) is 24.0 Å². The first-order valence-electron chi connectivity index (χ1n) is 37.9. The van der Waals surface area contributed by atoms with Gasteiger partial charge >= 0.3 is 42.1 Å². The minimum absolute atomic E-state index is 0.0353. The summed E-state index contributed by atoms with van der Waals surface area (Å²) in [7, 11) is 0. The molecule has 0 rings (SSSR count). The summed E-state index contributed by atoms with van der Waals surface area (Å²) in [5.41, 5.74) is -0.600. The first-order valence-corrected chi connectivity index (χ1v) is 37.9. The molecule has 13 nitrogen and oxygen atoms in total. The zero-order valence-corrected chi connectivity index (χ0v) is 59.9. The molecular formula is C75H141F3N2O11. The highest BCUT2D eigenvalue weighted by Gasteiger charge is 2.42. The number of rotatable bonds is 64. The van der Waals surface area contributed by atoms with Gasteiger partial charge in [0.2, 0.25) is 0 Å². The summed E-state index contributed by atoms with van der Waals surface area (Å²) in [5.74, 6) is -2.97. The number of esters is 4. The number of unbranched alkanes of at least 4 members (excludes halogenated alkanes) is 40. The fourth-order valence-corrected chi connectivity index (χ4v) is 10.9. The summed E-state index contributed by atoms with van der Waals surface area (Å²) in [5, 5.41) is 0. The normalized spacial score (nSPS) is 11.5. The summed E-state index contributed by atoms with van der Waals surface area (Å²) in [6, 6.07) is 0. The molecule has 0 saturated carbocycles. The fraction of sp³-hybridized carbons (Fsp3) is 0.920. The van der Waals surface area contributed by atoms with Crippen molar-refractivity contribution in [3.8, 4) is 0 Å². The molecule has 0 aliphatic heterocycles. The van der Waals surface area contributed by atoms with Crippen molar-refractivity contribution < 1.29 is 65.6 Å². The van der Waals surface area contributed by atoms with E-state index in [9.17, 15) is 41.9 Å². The van der Waals surface area contributed by atoms with Crippen molar-refractivity contribution in [2.45, 2.75) is 394 Å². The maximum absolute atomic E-state index is 13.1. The van der Waals surface area contributed by atoms with Gasteiger partial charge in [-0.05, 0) is 72.1 Å². The van der Waals surface area contributed by atoms with Crippen molar-refractivity contribution in [3.63, 3.8) is 0 Å². The molecule has 0 spiro atoms. The first-order chi connectivity index (χ1) is 43.9. The smallest absolute Gasteiger partial charge is 0.466 e. The monoisotopic (exact) mass is 1300 g/mol. The van der Waals surface area contributed by atoms with Gasteiger partial charge in [0.15, 0.2) is 0 Å². The van der Waals surface area contributed by atoms with E-state index in [1.54, 1.807) is 4.90 Å². The van der Waals surface area contributed by atoms with Crippen LogP contribution in [0.25, 0.3) is 0 Å². The number of hydrogen-bond donors (Lipinski definition) is 0. The summed E-state index contributed by atoms with van der Waals surface area (Å²) < 4.78 is 66.0. The Bertz CT molecular complexity index is 1590. The third kappa shape index (κ3) is 67.6. The average molecular weight is 1300 g/mol. The van der Waals surface area contributed by atoms with Crippen LogP contribution in [-0.4, -0.2) is 110 Å². The highest BCUT2D eigenvalue weighted by Crippen LogP contribution is 2.21. The highest BCUT2D eigenvalue weighted by atomic mass is 19.4. The van der Waals surface area contributed by atoms with Crippen molar-refractivity contribution in [1.82, 2.24) is 9.80 Å². The van der Waals surface area contributed by atoms with Crippen LogP contribution in [0.5, 0.6) is 0 Å². The Balaban J connectivity index is 0. The van der Waals surface area contributed by atoms with E-state index in [4.69, 9.17) is 23.7 Å². The zero-order valence-electron chi connectivity index (χ0n) is 59.9. The van der Waals surface area contributed by atoms with Gasteiger partial charge in [-0.25, -0.2) is 4.79 Å². The van der Waals surface area contributed by atoms with E-state index < -0.39 is 23.8 Å². The van der Waals surface area contributed by atoms with E-state index >= 15 is 0 Å². The van der Waals surface area contributed by atoms with Crippen molar-refractivity contribution in [2.75, 3.05) is 52.6 Å². The first kappa shape index (κ1) is 89.5. The number of nitrogens with zero attached hydrogens (tertiary/aromatic N) is 2. The number of halogens is 3. The van der Waals surface area contributed by atoms with Crippen molar-refractivity contribution in [2.24, 2.45) is 0 Å². The molecule has 0 bridgehead atoms. The Labute approximate surface area is 555 Å². The molecule has 0 fully saturated rings. The van der Waals surface area contributed by atoms with Crippen LogP contribution in [0, 0.1) is 0 Å². The topological polar surface area (TPSA) is 155 Å². The number of alkyl halides is 3. The molecule has 0 N–H and O–H groups in total. The molecule has 16 heteroatoms. The van der Waals surface area contributed by atoms with E-state index in [-0.39, 0.29) is 76.2 Å². The van der Waals surface area contributed by atoms with Crippen LogP contribution in [0.2, 0.25) is 0 Å². The van der Waals surface area contributed by atoms with Gasteiger partial charge in [0.25, 0.3) is 0 Å². The third-order valence-electron chi connectivity index (χ3n) is 16.5. The lowest BCUT2D eigenvalue weighted by Gasteiger charge is -2.27. The maximum Gasteiger partial charge on any atom is 0.471 e. The third-order valence-corrected chi connectivity index (χ3v) is 16.5. The van der Waals surface area contributed by atoms with Gasteiger partial charge in [0, 0.05) is 51.9 Å². The standard InChI is InChI=1S/C39H75NO6.C36H66F3NO5/c1-6-8-10-12-14-16-18-20-22-24-26-30-36(41)44-34-28-32-40(38(43)46-39(3,4)5)33-29-35-45-37(42)31-27-25-23-21-19-17-15-13-11-9-7-2;1-3-5-7-9-11-13-15-17-19-21-23-27-33(41)44-31-25-29-40(35(43)36(37,38)39)30-26-32-45-34(42)28-24-22-20-18-16-14-12-10-8-6-4-2/h6-35H2,1-5H3;3-32H2,1-2H3. The van der Waals surface area contributed by atoms with Crippen LogP contribution >= 0.6 is 0 Å². The minimum atomic E-state index is -4.99. The van der Waals surface area contributed by atoms with E-state index in [2.05, 4.69) is 27.7 Å². The fourth-order valence-electron chi connectivity index (χ4n) is 10.9. The molecule has 0 aromatic heterocycles. The van der Waals surface area contributed by atoms with Gasteiger partial charge in [-0.15, -0.1) is 0 Å². The molecule has 0 unspecified atom stereocenters. The maximum atomic E-state index is 13.1. The van der Waals surface area contributed by atoms with Gasteiger partial charge in [0.1, 0.15) is 5.60 Å². The van der Waals surface area contributed by atoms with Crippen molar-refractivity contribution in [1.29, 1.82) is 0 Å². The SMILES string of the molecule is CCCCCCCCCCCCCC(=O)OCCCN(CCCOC(=O)CCCCCCCCCCCCC)C(=O)C(F)(F)F.CCCCCCCCCCCCCC(=O)OCCCN(CCCOC(=O)CCCCCCCCCCCCC)C(=O)OC(C)(C)C. The Morgan fingerprint density at radius 1 is 0.275 bits per heavy atom. The Morgan fingerprint density at radius 2 is 0.462 bits per heavy atom. The second-order valence-electron chi connectivity index (χ2n) is 26.7. The molecule has 91 heavy (non-hydrogen) atoms. The highest BCUT2D eigenvalue weighted by molar-refractivity contribution is 5.81. The molecule has 0 heterocycles. The second kappa shape index (κ2) is 66.4. The van der Waals surface area contributed by atoms with Gasteiger partial charge in [-0.2, -0.15) is 13.2 Å². The van der Waals surface area contributed by atoms with E-state index in [0.29, 0.717) is 56.5 Å². The number of amides is 2. The average Bonchev–Trinajstić information content (AvgIpc) is 1.47. The van der Waals surface area contributed by atoms with E-state index in [1.807, 2.05) is 20.8 Å². The molecule has 0 atom stereocenters. The number of ether oxygens (including phenoxy) is 5. The number of hydrogen-bond acceptors (Lipinski definition) is 11. The quantitative estimate of drug-likeness (QED) is 0.0325. The van der Waals surface area contributed by atoms with Crippen molar-refractivity contribution in [3.05, 3.63) is 0 Å². The lowest BCUT2D eigenvalue weighted by molar-refractivity contribution is -0.185. The summed E-state index contributed by atoms with van der Waals surface area (Å²) in [6.07, 6.45) is 50.9. The van der Waals surface area contributed by atoms with Crippen LogP contribution in [0.4, 0.5) is 18.0 Å². The van der Waals surface area contributed by atoms with Crippen LogP contribution in [-0.2, 0) is 47.7 Å². The molecule has 0 aromatic rings. The Hall–Kier alpha value is -3.59. The number of carbonyl (C=O) groups excluding carboxylic acids is 6. The zero-order chi connectivity index (χ0) is 67.6. The molecule has 0 radical (unpaired) electrons. The molecule has 0 aromatic carbocycles. The Morgan fingerprint density at radius 3 is 0.648 bits per heavy atom. The molecule has 538 valence electrons. The predicted octanol–water partition coefficient (Wildman–Crippen LogP) is 22.1. The van der Waals surface area contributed by atoms with Gasteiger partial charge in [-0.1, -0.05) is 285 Å². The summed E-state index contributed by atoms with van der Waals surface area (Å²) in [6.45, 7) is 15.4. The van der Waals surface area contributed by atoms with Gasteiger partial charge < -0.3 is 33.5 Å². The van der Waals surface area contributed by atoms with Gasteiger partial charge in [0.05, 0.1) is 26.4 Å². The predicted molar refractivity (Wildman–Crippen MR) is 367 cm³/mol. The summed E-state index contributed by atoms with van der Waals surface area (Å²) in [4.78, 5) is 75.2. The molecule has 0 saturated heterocycles. The van der Waals surface area contributed by atoms with Crippen LogP contribution in [0.15, 0.2) is 0 Å².